The molecule has 0 spiro atoms. The summed E-state index contributed by atoms with van der Waals surface area (Å²) in [6.07, 6.45) is 9.26. The van der Waals surface area contributed by atoms with E-state index in [1.54, 1.807) is 0 Å². The summed E-state index contributed by atoms with van der Waals surface area (Å²) in [7, 11) is 0. The molecule has 0 aliphatic heterocycles. The lowest BCUT2D eigenvalue weighted by molar-refractivity contribution is -0.125. The van der Waals surface area contributed by atoms with Gasteiger partial charge in [-0.05, 0) is 12.8 Å². The van der Waals surface area contributed by atoms with Gasteiger partial charge in [0.1, 0.15) is 12.2 Å². The molecule has 0 radical (unpaired) electrons. The van der Waals surface area contributed by atoms with E-state index in [2.05, 4.69) is 20.5 Å². The molecule has 0 bridgehead atoms. The van der Waals surface area contributed by atoms with Gasteiger partial charge < -0.3 is 5.32 Å². The predicted octanol–water partition coefficient (Wildman–Crippen LogP) is 1.43. The van der Waals surface area contributed by atoms with Gasteiger partial charge in [-0.2, -0.15) is 5.10 Å². The summed E-state index contributed by atoms with van der Waals surface area (Å²) in [5.74, 6) is 1.27. The molecule has 2 N–H and O–H groups in total. The number of aromatic amines is 1. The van der Waals surface area contributed by atoms with Crippen molar-refractivity contribution in [1.29, 1.82) is 0 Å². The van der Waals surface area contributed by atoms with Crippen LogP contribution in [-0.2, 0) is 11.2 Å². The van der Waals surface area contributed by atoms with Crippen molar-refractivity contribution < 1.29 is 4.79 Å². The fourth-order valence-corrected chi connectivity index (χ4v) is 2.34. The molecule has 1 amide bonds. The number of H-pyrrole nitrogens is 1. The van der Waals surface area contributed by atoms with Gasteiger partial charge in [-0.1, -0.05) is 25.7 Å². The average Bonchev–Trinajstić information content (AvgIpc) is 2.69. The van der Waals surface area contributed by atoms with Crippen molar-refractivity contribution in [3.8, 4) is 0 Å². The molecule has 1 heterocycles. The Hall–Kier alpha value is -1.39. The molecule has 0 saturated heterocycles. The molecule has 0 unspecified atom stereocenters. The second kappa shape index (κ2) is 6.37. The van der Waals surface area contributed by atoms with Crippen LogP contribution in [0.25, 0.3) is 0 Å². The lowest BCUT2D eigenvalue weighted by Crippen LogP contribution is -2.32. The molecule has 1 aliphatic rings. The number of aromatic nitrogens is 3. The number of nitrogens with one attached hydrogen (secondary N) is 2. The Labute approximate surface area is 101 Å². The first kappa shape index (κ1) is 12.1. The number of hydrogen-bond acceptors (Lipinski definition) is 3. The molecule has 1 fully saturated rings. The maximum Gasteiger partial charge on any atom is 0.223 e. The summed E-state index contributed by atoms with van der Waals surface area (Å²) in [6, 6.07) is 0. The first-order valence-corrected chi connectivity index (χ1v) is 6.48. The van der Waals surface area contributed by atoms with Gasteiger partial charge >= 0.3 is 0 Å². The van der Waals surface area contributed by atoms with Gasteiger partial charge in [0.2, 0.25) is 5.91 Å². The van der Waals surface area contributed by atoms with Crippen LogP contribution in [0.2, 0.25) is 0 Å². The van der Waals surface area contributed by atoms with Crippen LogP contribution in [0.1, 0.15) is 44.3 Å². The quantitative estimate of drug-likeness (QED) is 0.777. The Morgan fingerprint density at radius 3 is 2.76 bits per heavy atom. The molecule has 2 rings (SSSR count). The molecule has 1 aliphatic carbocycles. The number of nitrogens with zero attached hydrogens (tertiary/aromatic N) is 2. The Morgan fingerprint density at radius 2 is 2.12 bits per heavy atom. The van der Waals surface area contributed by atoms with Gasteiger partial charge in [-0.15, -0.1) is 0 Å². The monoisotopic (exact) mass is 236 g/mol. The van der Waals surface area contributed by atoms with Crippen molar-refractivity contribution in [2.24, 2.45) is 5.92 Å². The number of carbonyl (C=O) groups excluding carboxylic acids is 1. The third-order valence-electron chi connectivity index (χ3n) is 3.35. The second-order valence-corrected chi connectivity index (χ2v) is 4.66. The molecule has 1 aromatic heterocycles. The fourth-order valence-electron chi connectivity index (χ4n) is 2.34. The van der Waals surface area contributed by atoms with Crippen LogP contribution in [0.4, 0.5) is 0 Å². The first-order chi connectivity index (χ1) is 8.36. The number of hydrogen-bond donors (Lipinski definition) is 2. The van der Waals surface area contributed by atoms with Crippen molar-refractivity contribution in [3.63, 3.8) is 0 Å². The summed E-state index contributed by atoms with van der Waals surface area (Å²) in [6.45, 7) is 0.643. The van der Waals surface area contributed by atoms with Crippen molar-refractivity contribution >= 4 is 5.91 Å². The highest BCUT2D eigenvalue weighted by atomic mass is 16.1. The van der Waals surface area contributed by atoms with Crippen molar-refractivity contribution in [1.82, 2.24) is 20.5 Å². The third kappa shape index (κ3) is 3.84. The number of amides is 1. The van der Waals surface area contributed by atoms with Gasteiger partial charge in [0.25, 0.3) is 0 Å². The Kier molecular flexibility index (Phi) is 4.53. The van der Waals surface area contributed by atoms with E-state index in [1.807, 2.05) is 0 Å². The van der Waals surface area contributed by atoms with E-state index >= 15 is 0 Å². The fraction of sp³-hybridized carbons (Fsp3) is 0.750. The lowest BCUT2D eigenvalue weighted by atomic mass is 9.99. The summed E-state index contributed by atoms with van der Waals surface area (Å²) in [4.78, 5) is 15.9. The maximum absolute atomic E-state index is 11.9. The molecular weight excluding hydrogens is 216 g/mol. The molecular formula is C12H20N4O. The Balaban J connectivity index is 1.69. The molecule has 0 atom stereocenters. The van der Waals surface area contributed by atoms with Crippen LogP contribution in [0, 0.1) is 5.92 Å². The van der Waals surface area contributed by atoms with Gasteiger partial charge in [-0.25, -0.2) is 4.98 Å². The van der Waals surface area contributed by atoms with Gasteiger partial charge in [0.15, 0.2) is 0 Å². The summed E-state index contributed by atoms with van der Waals surface area (Å²) in [5, 5.41) is 9.55. The van der Waals surface area contributed by atoms with E-state index in [0.29, 0.717) is 6.54 Å². The van der Waals surface area contributed by atoms with Gasteiger partial charge in [-0.3, -0.25) is 9.89 Å². The Morgan fingerprint density at radius 1 is 1.35 bits per heavy atom. The van der Waals surface area contributed by atoms with E-state index in [9.17, 15) is 4.79 Å². The largest absolute Gasteiger partial charge is 0.355 e. The maximum atomic E-state index is 11.9. The number of rotatable bonds is 4. The van der Waals surface area contributed by atoms with E-state index in [1.165, 1.54) is 32.0 Å². The molecule has 1 aromatic rings. The SMILES string of the molecule is O=C(NCCc1ncn[nH]1)C1CCCCCC1. The summed E-state index contributed by atoms with van der Waals surface area (Å²) >= 11 is 0. The first-order valence-electron chi connectivity index (χ1n) is 6.48. The van der Waals surface area contributed by atoms with Crippen LogP contribution in [0.3, 0.4) is 0 Å². The normalized spacial score (nSPS) is 17.6. The highest BCUT2D eigenvalue weighted by Gasteiger charge is 2.19. The lowest BCUT2D eigenvalue weighted by Gasteiger charge is -2.13. The number of carbonyl (C=O) groups is 1. The molecule has 5 heteroatoms. The van der Waals surface area contributed by atoms with Crippen LogP contribution in [0.5, 0.6) is 0 Å². The zero-order chi connectivity index (χ0) is 11.9. The smallest absolute Gasteiger partial charge is 0.223 e. The zero-order valence-corrected chi connectivity index (χ0v) is 10.1. The molecule has 0 aromatic carbocycles. The molecule has 5 nitrogen and oxygen atoms in total. The minimum Gasteiger partial charge on any atom is -0.355 e. The van der Waals surface area contributed by atoms with Crippen LogP contribution in [0.15, 0.2) is 6.33 Å². The van der Waals surface area contributed by atoms with Gasteiger partial charge in [0.05, 0.1) is 0 Å². The van der Waals surface area contributed by atoms with Crippen molar-refractivity contribution in [2.75, 3.05) is 6.54 Å². The van der Waals surface area contributed by atoms with Crippen LogP contribution >= 0.6 is 0 Å². The molecule has 1 saturated carbocycles. The minimum atomic E-state index is 0.214. The standard InChI is InChI=1S/C12H20N4O/c17-12(10-5-3-1-2-4-6-10)13-8-7-11-14-9-15-16-11/h9-10H,1-8H2,(H,13,17)(H,14,15,16). The van der Waals surface area contributed by atoms with E-state index in [4.69, 9.17) is 0 Å². The Bertz CT molecular complexity index is 328. The third-order valence-corrected chi connectivity index (χ3v) is 3.35. The van der Waals surface area contributed by atoms with Crippen LogP contribution in [-0.4, -0.2) is 27.6 Å². The molecule has 94 valence electrons. The summed E-state index contributed by atoms with van der Waals surface area (Å²) < 4.78 is 0. The van der Waals surface area contributed by atoms with E-state index in [0.717, 1.165) is 25.1 Å². The predicted molar refractivity (Wildman–Crippen MR) is 64.3 cm³/mol. The highest BCUT2D eigenvalue weighted by Crippen LogP contribution is 2.22. The van der Waals surface area contributed by atoms with E-state index < -0.39 is 0 Å². The van der Waals surface area contributed by atoms with Crippen molar-refractivity contribution in [3.05, 3.63) is 12.2 Å². The molecule has 17 heavy (non-hydrogen) atoms. The second-order valence-electron chi connectivity index (χ2n) is 4.66. The van der Waals surface area contributed by atoms with E-state index in [-0.39, 0.29) is 11.8 Å². The summed E-state index contributed by atoms with van der Waals surface area (Å²) in [5.41, 5.74) is 0. The zero-order valence-electron chi connectivity index (χ0n) is 10.1. The average molecular weight is 236 g/mol. The highest BCUT2D eigenvalue weighted by molar-refractivity contribution is 5.78. The minimum absolute atomic E-state index is 0.214. The van der Waals surface area contributed by atoms with Crippen molar-refractivity contribution in [2.45, 2.75) is 44.9 Å². The van der Waals surface area contributed by atoms with Gasteiger partial charge in [0, 0.05) is 18.9 Å². The topological polar surface area (TPSA) is 70.7 Å². The van der Waals surface area contributed by atoms with Crippen LogP contribution < -0.4 is 5.32 Å².